The number of benzene rings is 2. The van der Waals surface area contributed by atoms with Crippen molar-refractivity contribution in [3.63, 3.8) is 0 Å². The summed E-state index contributed by atoms with van der Waals surface area (Å²) in [5.74, 6) is -1.05. The quantitative estimate of drug-likeness (QED) is 0.297. The second kappa shape index (κ2) is 11.2. The third-order valence-electron chi connectivity index (χ3n) is 10.6. The van der Waals surface area contributed by atoms with Crippen molar-refractivity contribution in [3.05, 3.63) is 47.7 Å². The molecule has 5 aliphatic heterocycles. The number of aromatic nitrogens is 3. The fourth-order valence-corrected chi connectivity index (χ4v) is 8.44. The van der Waals surface area contributed by atoms with Gasteiger partial charge in [0, 0.05) is 44.2 Å². The van der Waals surface area contributed by atoms with E-state index < -0.39 is 28.9 Å². The van der Waals surface area contributed by atoms with Crippen LogP contribution in [0.1, 0.15) is 57.4 Å². The van der Waals surface area contributed by atoms with E-state index in [0.717, 1.165) is 32.2 Å². The van der Waals surface area contributed by atoms with Gasteiger partial charge in [-0.1, -0.05) is 6.07 Å². The largest absolute Gasteiger partial charge is 0.508 e. The average Bonchev–Trinajstić information content (AvgIpc) is 3.56. The number of aromatic hydroxyl groups is 1. The Labute approximate surface area is 270 Å². The van der Waals surface area contributed by atoms with Crippen molar-refractivity contribution >= 4 is 33.4 Å². The van der Waals surface area contributed by atoms with Gasteiger partial charge in [-0.3, -0.25) is 14.7 Å². The van der Waals surface area contributed by atoms with E-state index in [1.807, 2.05) is 11.8 Å². The minimum absolute atomic E-state index is 0.0246. The number of phenols is 1. The number of hydrogen-bond donors (Lipinski definition) is 2. The van der Waals surface area contributed by atoms with E-state index in [-0.39, 0.29) is 53.9 Å². The Morgan fingerprint density at radius 3 is 2.83 bits per heavy atom. The van der Waals surface area contributed by atoms with Crippen LogP contribution in [-0.2, 0) is 11.2 Å². The summed E-state index contributed by atoms with van der Waals surface area (Å²) in [6.07, 6.45) is 4.98. The number of pyridine rings is 1. The number of phenolic OH excluding ortho intramolecular Hbond substituents is 1. The molecule has 9 rings (SSSR count). The molecule has 2 N–H and O–H groups in total. The van der Waals surface area contributed by atoms with E-state index >= 15 is 8.78 Å². The molecule has 7 heterocycles. The number of amides is 1. The zero-order valence-electron chi connectivity index (χ0n) is 26.3. The van der Waals surface area contributed by atoms with Crippen LogP contribution in [0.5, 0.6) is 11.8 Å². The maximum absolute atomic E-state index is 16.9. The summed E-state index contributed by atoms with van der Waals surface area (Å²) in [6.45, 7) is 4.36. The maximum Gasteiger partial charge on any atom is 0.319 e. The lowest BCUT2D eigenvalue weighted by atomic mass is 9.90. The molecule has 1 amide bonds. The van der Waals surface area contributed by atoms with Gasteiger partial charge in [-0.15, -0.1) is 0 Å². The smallest absolute Gasteiger partial charge is 0.319 e. The molecule has 0 spiro atoms. The van der Waals surface area contributed by atoms with Gasteiger partial charge >= 0.3 is 6.01 Å². The molecule has 2 aromatic heterocycles. The van der Waals surface area contributed by atoms with E-state index in [9.17, 15) is 14.3 Å². The molecule has 3 atom stereocenters. The maximum atomic E-state index is 16.9. The molecule has 4 aromatic rings. The van der Waals surface area contributed by atoms with Gasteiger partial charge in [0.25, 0.3) is 0 Å². The number of carbonyl (C=O) groups is 1. The fourth-order valence-electron chi connectivity index (χ4n) is 8.44. The molecule has 246 valence electrons. The second-order valence-electron chi connectivity index (χ2n) is 14.0. The third kappa shape index (κ3) is 5.21. The number of nitrogens with one attached hydrogen (secondary N) is 1. The molecule has 0 unspecified atom stereocenters. The number of halogens is 3. The molecule has 2 aromatic carbocycles. The number of alkyl halides is 1. The number of anilines is 1. The number of carbonyl (C=O) groups excluding carboxylic acids is 1. The molecule has 3 fully saturated rings. The van der Waals surface area contributed by atoms with E-state index in [2.05, 4.69) is 20.2 Å². The topological polar surface area (TPSA) is 104 Å². The Morgan fingerprint density at radius 2 is 1.96 bits per heavy atom. The number of ether oxygens (including phenoxy) is 1. The lowest BCUT2D eigenvalue weighted by molar-refractivity contribution is -0.123. The van der Waals surface area contributed by atoms with E-state index in [1.165, 1.54) is 24.4 Å². The first-order valence-electron chi connectivity index (χ1n) is 16.5. The fraction of sp³-hybridized carbons (Fsp3) is 0.486. The predicted molar refractivity (Wildman–Crippen MR) is 171 cm³/mol. The van der Waals surface area contributed by atoms with Crippen molar-refractivity contribution in [1.82, 2.24) is 25.2 Å². The number of piperidine rings is 1. The Balaban J connectivity index is 1.32. The molecule has 12 heteroatoms. The van der Waals surface area contributed by atoms with Crippen molar-refractivity contribution in [1.29, 1.82) is 0 Å². The summed E-state index contributed by atoms with van der Waals surface area (Å²) in [5, 5.41) is 15.2. The molecular formula is C35H37F3N6O3. The Hall–Kier alpha value is -4.19. The van der Waals surface area contributed by atoms with Gasteiger partial charge in [-0.05, 0) is 86.5 Å². The van der Waals surface area contributed by atoms with Crippen molar-refractivity contribution in [2.75, 3.05) is 37.7 Å². The first-order valence-corrected chi connectivity index (χ1v) is 16.5. The van der Waals surface area contributed by atoms with Gasteiger partial charge in [-0.25, -0.2) is 13.2 Å². The number of rotatable bonds is 3. The highest BCUT2D eigenvalue weighted by atomic mass is 19.1. The van der Waals surface area contributed by atoms with Gasteiger partial charge in [0.1, 0.15) is 41.4 Å². The summed E-state index contributed by atoms with van der Waals surface area (Å²) in [7, 11) is 0. The molecule has 47 heavy (non-hydrogen) atoms. The summed E-state index contributed by atoms with van der Waals surface area (Å²) in [5.41, 5.74) is -0.616. The van der Waals surface area contributed by atoms with Gasteiger partial charge in [-0.2, -0.15) is 9.97 Å². The van der Waals surface area contributed by atoms with Crippen LogP contribution < -0.4 is 15.0 Å². The zero-order chi connectivity index (χ0) is 32.5. The Kier molecular flexibility index (Phi) is 7.19. The highest BCUT2D eigenvalue weighted by molar-refractivity contribution is 6.02. The van der Waals surface area contributed by atoms with Crippen molar-refractivity contribution in [2.24, 2.45) is 0 Å². The molecular weight excluding hydrogens is 609 g/mol. The van der Waals surface area contributed by atoms with Crippen LogP contribution in [-0.4, -0.2) is 80.9 Å². The summed E-state index contributed by atoms with van der Waals surface area (Å²) in [4.78, 5) is 31.3. The van der Waals surface area contributed by atoms with Crippen LogP contribution in [0.15, 0.2) is 30.5 Å². The van der Waals surface area contributed by atoms with E-state index in [4.69, 9.17) is 9.72 Å². The van der Waals surface area contributed by atoms with Crippen LogP contribution >= 0.6 is 0 Å². The predicted octanol–water partition coefficient (Wildman–Crippen LogP) is 5.60. The highest BCUT2D eigenvalue weighted by Crippen LogP contribution is 2.42. The van der Waals surface area contributed by atoms with Crippen molar-refractivity contribution in [3.8, 4) is 23.0 Å². The molecule has 5 aliphatic rings. The lowest BCUT2D eigenvalue weighted by Gasteiger charge is -2.42. The first kappa shape index (κ1) is 30.2. The van der Waals surface area contributed by atoms with Crippen molar-refractivity contribution in [2.45, 2.75) is 75.5 Å². The number of fused-ring (bicyclic) bond motifs is 6. The van der Waals surface area contributed by atoms with Gasteiger partial charge < -0.3 is 20.1 Å². The minimum Gasteiger partial charge on any atom is -0.508 e. The summed E-state index contributed by atoms with van der Waals surface area (Å²) in [6, 6.07) is 5.72. The standard InChI is InChI=1S/C35H37F3N6O3/c1-34-9-3-11-43(18-34)32-25-16-39-30(24-14-22(45)13-20-7-8-26(37)23(28(20)24)5-2-6-27(46)42-34)29(38)31(25)40-33(41-32)47-19-35-10-4-12-44(35)17-21(36)15-35/h7-8,13-14,16,21,45H,2-6,9-12,15,17-19H2,1H3,(H,42,46)/t21-,34-,35+/m1/s1. The van der Waals surface area contributed by atoms with Crippen molar-refractivity contribution < 1.29 is 27.8 Å². The molecule has 0 radical (unpaired) electrons. The first-order chi connectivity index (χ1) is 22.6. The molecule has 9 nitrogen and oxygen atoms in total. The minimum atomic E-state index is -0.932. The molecule has 0 aliphatic carbocycles. The number of hydrogen-bond acceptors (Lipinski definition) is 8. The normalized spacial score (nSPS) is 26.3. The summed E-state index contributed by atoms with van der Waals surface area (Å²) >= 11 is 0. The third-order valence-corrected chi connectivity index (χ3v) is 10.6. The number of aryl methyl sites for hydroxylation is 1. The SMILES string of the molecule is C[C@@]12CCCN(C1)c1nc(OC[C@@]34CCCN3C[C@H](F)C4)nc3c(F)c(ncc13)-c1cc(O)cc3ccc(F)c(c13)CCCC(=O)N2. The summed E-state index contributed by atoms with van der Waals surface area (Å²) < 4.78 is 53.2. The Morgan fingerprint density at radius 1 is 1.11 bits per heavy atom. The monoisotopic (exact) mass is 646 g/mol. The molecule has 3 saturated heterocycles. The van der Waals surface area contributed by atoms with Crippen LogP contribution in [0, 0.1) is 11.6 Å². The van der Waals surface area contributed by atoms with Gasteiger partial charge in [0.15, 0.2) is 5.82 Å². The van der Waals surface area contributed by atoms with Gasteiger partial charge in [0.2, 0.25) is 5.91 Å². The highest BCUT2D eigenvalue weighted by Gasteiger charge is 2.49. The molecule has 6 bridgehead atoms. The average molecular weight is 647 g/mol. The second-order valence-corrected chi connectivity index (χ2v) is 14.0. The molecule has 0 saturated carbocycles. The van der Waals surface area contributed by atoms with Gasteiger partial charge in [0.05, 0.1) is 16.5 Å². The zero-order valence-corrected chi connectivity index (χ0v) is 26.3. The lowest BCUT2D eigenvalue weighted by Crippen LogP contribution is -2.57. The Bertz CT molecular complexity index is 1930. The van der Waals surface area contributed by atoms with Crippen LogP contribution in [0.3, 0.4) is 0 Å². The number of nitrogens with zero attached hydrogens (tertiary/aromatic N) is 5. The van der Waals surface area contributed by atoms with Crippen LogP contribution in [0.25, 0.3) is 32.9 Å². The van der Waals surface area contributed by atoms with E-state index in [0.29, 0.717) is 60.0 Å². The van der Waals surface area contributed by atoms with Crippen LogP contribution in [0.4, 0.5) is 19.0 Å². The van der Waals surface area contributed by atoms with E-state index in [1.54, 1.807) is 6.07 Å². The van der Waals surface area contributed by atoms with Crippen LogP contribution in [0.2, 0.25) is 0 Å².